The van der Waals surface area contributed by atoms with Gasteiger partial charge in [0.25, 0.3) is 0 Å². The Balaban J connectivity index is 1.44. The summed E-state index contributed by atoms with van der Waals surface area (Å²) >= 11 is 0. The van der Waals surface area contributed by atoms with Gasteiger partial charge in [0.05, 0.1) is 26.7 Å². The lowest BCUT2D eigenvalue weighted by atomic mass is 9.66. The third-order valence-corrected chi connectivity index (χ3v) is 7.80. The molecule has 176 valence electrons. The first-order valence-corrected chi connectivity index (χ1v) is 11.9. The molecule has 0 aromatic heterocycles. The number of ether oxygens (including phenoxy) is 2. The Kier molecular flexibility index (Phi) is 6.93. The smallest absolute Gasteiger partial charge is 0.240 e. The van der Waals surface area contributed by atoms with Crippen LogP contribution >= 0.6 is 0 Å². The van der Waals surface area contributed by atoms with Crippen LogP contribution in [0.3, 0.4) is 0 Å². The zero-order valence-electron chi connectivity index (χ0n) is 19.8. The summed E-state index contributed by atoms with van der Waals surface area (Å²) in [4.78, 5) is 32.9. The number of rotatable bonds is 5. The van der Waals surface area contributed by atoms with E-state index in [0.717, 1.165) is 69.5 Å². The lowest BCUT2D eigenvalue weighted by molar-refractivity contribution is -0.147. The number of nitrogens with zero attached hydrogens (tertiary/aromatic N) is 3. The number of likely N-dealkylation sites (tertiary alicyclic amines) is 3. The second-order valence-electron chi connectivity index (χ2n) is 9.62. The SMILES string of the molecule is COc1ccc(OC)c(CC(=O)N2CCC3(CCCN(C)C3C(=O)N3CCCC3)CC2)c1. The van der Waals surface area contributed by atoms with Crippen LogP contribution in [0, 0.1) is 5.41 Å². The lowest BCUT2D eigenvalue weighted by Crippen LogP contribution is -2.61. The molecule has 2 amide bonds. The quantitative estimate of drug-likeness (QED) is 0.700. The maximum absolute atomic E-state index is 13.4. The van der Waals surface area contributed by atoms with Gasteiger partial charge in [0.2, 0.25) is 11.8 Å². The average molecular weight is 444 g/mol. The molecule has 1 aromatic carbocycles. The largest absolute Gasteiger partial charge is 0.497 e. The first kappa shape index (κ1) is 22.9. The predicted octanol–water partition coefficient (Wildman–Crippen LogP) is 2.57. The second kappa shape index (κ2) is 9.69. The van der Waals surface area contributed by atoms with E-state index in [9.17, 15) is 9.59 Å². The summed E-state index contributed by atoms with van der Waals surface area (Å²) in [5, 5.41) is 0. The highest BCUT2D eigenvalue weighted by atomic mass is 16.5. The minimum absolute atomic E-state index is 0.0168. The minimum atomic E-state index is -0.0509. The van der Waals surface area contributed by atoms with Gasteiger partial charge in [0.15, 0.2) is 0 Å². The van der Waals surface area contributed by atoms with E-state index in [-0.39, 0.29) is 17.4 Å². The fourth-order valence-corrected chi connectivity index (χ4v) is 5.99. The molecule has 3 fully saturated rings. The average Bonchev–Trinajstić information content (AvgIpc) is 3.34. The van der Waals surface area contributed by atoms with Crippen molar-refractivity contribution in [1.29, 1.82) is 0 Å². The van der Waals surface area contributed by atoms with E-state index in [2.05, 4.69) is 16.8 Å². The number of amides is 2. The molecule has 1 spiro atoms. The standard InChI is InChI=1S/C25H37N3O4/c1-26-12-6-9-25(23(26)24(30)28-13-4-5-14-28)10-15-27(16-11-25)22(29)18-19-17-20(31-2)7-8-21(19)32-3/h7-8,17,23H,4-6,9-16,18H2,1-3H3. The zero-order valence-corrected chi connectivity index (χ0v) is 19.8. The Bertz CT molecular complexity index is 828. The minimum Gasteiger partial charge on any atom is -0.497 e. The topological polar surface area (TPSA) is 62.3 Å². The number of hydrogen-bond donors (Lipinski definition) is 0. The molecule has 0 radical (unpaired) electrons. The van der Waals surface area contributed by atoms with Crippen molar-refractivity contribution < 1.29 is 19.1 Å². The van der Waals surface area contributed by atoms with E-state index in [1.807, 2.05) is 23.1 Å². The third kappa shape index (κ3) is 4.45. The highest BCUT2D eigenvalue weighted by molar-refractivity contribution is 5.83. The predicted molar refractivity (Wildman–Crippen MR) is 123 cm³/mol. The summed E-state index contributed by atoms with van der Waals surface area (Å²) < 4.78 is 10.8. The zero-order chi connectivity index (χ0) is 22.7. The van der Waals surface area contributed by atoms with E-state index in [4.69, 9.17) is 9.47 Å². The Hall–Kier alpha value is -2.28. The number of carbonyl (C=O) groups is 2. The second-order valence-corrected chi connectivity index (χ2v) is 9.62. The van der Waals surface area contributed by atoms with Crippen molar-refractivity contribution in [2.24, 2.45) is 5.41 Å². The number of hydrogen-bond acceptors (Lipinski definition) is 5. The molecule has 7 heteroatoms. The van der Waals surface area contributed by atoms with Crippen LogP contribution in [0.5, 0.6) is 11.5 Å². The van der Waals surface area contributed by atoms with Crippen molar-refractivity contribution >= 4 is 11.8 Å². The van der Waals surface area contributed by atoms with Gasteiger partial charge in [-0.3, -0.25) is 14.5 Å². The molecule has 4 rings (SSSR count). The Labute approximate surface area is 191 Å². The van der Waals surface area contributed by atoms with Gasteiger partial charge in [-0.2, -0.15) is 0 Å². The van der Waals surface area contributed by atoms with Crippen LogP contribution < -0.4 is 9.47 Å². The maximum atomic E-state index is 13.4. The van der Waals surface area contributed by atoms with Crippen molar-refractivity contribution in [3.63, 3.8) is 0 Å². The van der Waals surface area contributed by atoms with Crippen molar-refractivity contribution in [3.8, 4) is 11.5 Å². The van der Waals surface area contributed by atoms with Gasteiger partial charge < -0.3 is 19.3 Å². The number of carbonyl (C=O) groups excluding carboxylic acids is 2. The van der Waals surface area contributed by atoms with Crippen molar-refractivity contribution in [3.05, 3.63) is 23.8 Å². The van der Waals surface area contributed by atoms with E-state index >= 15 is 0 Å². The molecule has 3 saturated heterocycles. The van der Waals surface area contributed by atoms with Crippen LogP contribution in [0.25, 0.3) is 0 Å². The Morgan fingerprint density at radius 2 is 1.66 bits per heavy atom. The number of benzene rings is 1. The summed E-state index contributed by atoms with van der Waals surface area (Å²) in [6.07, 6.45) is 6.51. The Morgan fingerprint density at radius 1 is 0.938 bits per heavy atom. The summed E-state index contributed by atoms with van der Waals surface area (Å²) in [7, 11) is 5.35. The molecule has 0 N–H and O–H groups in total. The van der Waals surface area contributed by atoms with Crippen molar-refractivity contribution in [1.82, 2.24) is 14.7 Å². The molecule has 0 saturated carbocycles. The fourth-order valence-electron chi connectivity index (χ4n) is 5.99. The first-order valence-electron chi connectivity index (χ1n) is 11.9. The van der Waals surface area contributed by atoms with Gasteiger partial charge >= 0.3 is 0 Å². The maximum Gasteiger partial charge on any atom is 0.240 e. The van der Waals surface area contributed by atoms with Crippen molar-refractivity contribution in [2.75, 3.05) is 54.0 Å². The van der Waals surface area contributed by atoms with Crippen molar-refractivity contribution in [2.45, 2.75) is 51.0 Å². The summed E-state index contributed by atoms with van der Waals surface area (Å²) in [5.74, 6) is 1.85. The fraction of sp³-hybridized carbons (Fsp3) is 0.680. The Morgan fingerprint density at radius 3 is 2.31 bits per heavy atom. The van der Waals surface area contributed by atoms with Crippen LogP contribution in [0.15, 0.2) is 18.2 Å². The number of methoxy groups -OCH3 is 2. The molecule has 0 aliphatic carbocycles. The van der Waals surface area contributed by atoms with Gasteiger partial charge in [-0.05, 0) is 75.7 Å². The van der Waals surface area contributed by atoms with E-state index in [0.29, 0.717) is 31.2 Å². The van der Waals surface area contributed by atoms with Crippen LogP contribution in [0.2, 0.25) is 0 Å². The molecule has 1 aromatic rings. The summed E-state index contributed by atoms with van der Waals surface area (Å²) in [5.41, 5.74) is 0.827. The van der Waals surface area contributed by atoms with Crippen LogP contribution in [-0.4, -0.2) is 86.5 Å². The van der Waals surface area contributed by atoms with Crippen LogP contribution in [0.4, 0.5) is 0 Å². The molecular weight excluding hydrogens is 406 g/mol. The van der Waals surface area contributed by atoms with E-state index in [1.54, 1.807) is 14.2 Å². The first-order chi connectivity index (χ1) is 15.5. The van der Waals surface area contributed by atoms with Gasteiger partial charge in [-0.1, -0.05) is 0 Å². The highest BCUT2D eigenvalue weighted by Crippen LogP contribution is 2.45. The molecular formula is C25H37N3O4. The monoisotopic (exact) mass is 443 g/mol. The van der Waals surface area contributed by atoms with E-state index < -0.39 is 0 Å². The van der Waals surface area contributed by atoms with E-state index in [1.165, 1.54) is 0 Å². The lowest BCUT2D eigenvalue weighted by Gasteiger charge is -2.52. The van der Waals surface area contributed by atoms with Crippen LogP contribution in [-0.2, 0) is 16.0 Å². The third-order valence-electron chi connectivity index (χ3n) is 7.80. The summed E-state index contributed by atoms with van der Waals surface area (Å²) in [6, 6.07) is 5.52. The molecule has 7 nitrogen and oxygen atoms in total. The molecule has 3 aliphatic heterocycles. The van der Waals surface area contributed by atoms with Gasteiger partial charge in [-0.15, -0.1) is 0 Å². The van der Waals surface area contributed by atoms with Gasteiger partial charge in [-0.25, -0.2) is 0 Å². The normalized spacial score (nSPS) is 23.4. The van der Waals surface area contributed by atoms with Gasteiger partial charge in [0.1, 0.15) is 11.5 Å². The molecule has 3 heterocycles. The molecule has 1 unspecified atom stereocenters. The molecule has 1 atom stereocenters. The molecule has 0 bridgehead atoms. The van der Waals surface area contributed by atoms with Gasteiger partial charge in [0, 0.05) is 31.7 Å². The number of likely N-dealkylation sites (N-methyl/N-ethyl adjacent to an activating group) is 1. The number of piperidine rings is 2. The van der Waals surface area contributed by atoms with Crippen LogP contribution in [0.1, 0.15) is 44.1 Å². The molecule has 3 aliphatic rings. The highest BCUT2D eigenvalue weighted by Gasteiger charge is 2.50. The molecule has 32 heavy (non-hydrogen) atoms. The summed E-state index contributed by atoms with van der Waals surface area (Å²) in [6.45, 7) is 4.19.